The molecule has 0 fully saturated rings. The Kier molecular flexibility index (Phi) is 6.27. The molecular formula is C13H22N2. The zero-order valence-corrected chi connectivity index (χ0v) is 10.3. The molecule has 0 amide bonds. The summed E-state index contributed by atoms with van der Waals surface area (Å²) in [4.78, 5) is 0. The van der Waals surface area contributed by atoms with Crippen LogP contribution in [0.15, 0.2) is 48.0 Å². The van der Waals surface area contributed by atoms with Crippen LogP contribution in [-0.4, -0.2) is 7.05 Å². The van der Waals surface area contributed by atoms with Crippen LogP contribution in [0.1, 0.15) is 27.2 Å². The predicted molar refractivity (Wildman–Crippen MR) is 68.3 cm³/mol. The van der Waals surface area contributed by atoms with Gasteiger partial charge >= 0.3 is 0 Å². The topological polar surface area (TPSA) is 24.1 Å². The summed E-state index contributed by atoms with van der Waals surface area (Å²) in [7, 11) is 1.92. The van der Waals surface area contributed by atoms with Crippen LogP contribution in [0.2, 0.25) is 0 Å². The zero-order valence-electron chi connectivity index (χ0n) is 10.3. The molecule has 2 nitrogen and oxygen atoms in total. The van der Waals surface area contributed by atoms with Crippen LogP contribution in [0, 0.1) is 0 Å². The third kappa shape index (κ3) is 4.54. The Morgan fingerprint density at radius 3 is 2.27 bits per heavy atom. The van der Waals surface area contributed by atoms with Gasteiger partial charge in [0.1, 0.15) is 0 Å². The minimum atomic E-state index is 0.929. The van der Waals surface area contributed by atoms with Crippen molar-refractivity contribution in [3.05, 3.63) is 48.0 Å². The van der Waals surface area contributed by atoms with Gasteiger partial charge in [0.2, 0.25) is 0 Å². The molecule has 0 saturated heterocycles. The monoisotopic (exact) mass is 206 g/mol. The number of hydrogen-bond acceptors (Lipinski definition) is 2. The van der Waals surface area contributed by atoms with Crippen molar-refractivity contribution >= 4 is 0 Å². The van der Waals surface area contributed by atoms with Crippen molar-refractivity contribution in [2.24, 2.45) is 0 Å². The molecule has 0 aromatic heterocycles. The molecule has 0 aliphatic rings. The van der Waals surface area contributed by atoms with Crippen LogP contribution >= 0.6 is 0 Å². The summed E-state index contributed by atoms with van der Waals surface area (Å²) < 4.78 is 0. The SMILES string of the molecule is C=CC(/C(=C/CC)NC)=C(\C)NC(=C)C. The summed E-state index contributed by atoms with van der Waals surface area (Å²) in [5.74, 6) is 0. The fourth-order valence-corrected chi connectivity index (χ4v) is 1.40. The standard InChI is InChI=1S/C13H22N2/c1-7-9-13(14-6)12(8-2)11(5)15-10(3)4/h8-9,14-15H,2-3,7H2,1,4-6H3/b12-11-,13-9-. The lowest BCUT2D eigenvalue weighted by Crippen LogP contribution is -2.15. The molecule has 0 radical (unpaired) electrons. The Morgan fingerprint density at radius 2 is 1.93 bits per heavy atom. The van der Waals surface area contributed by atoms with Gasteiger partial charge in [0.15, 0.2) is 0 Å². The van der Waals surface area contributed by atoms with Gasteiger partial charge in [0.25, 0.3) is 0 Å². The number of rotatable bonds is 6. The molecule has 0 heterocycles. The lowest BCUT2D eigenvalue weighted by molar-refractivity contribution is 0.922. The molecule has 0 bridgehead atoms. The molecule has 84 valence electrons. The smallest absolute Gasteiger partial charge is 0.0387 e. The highest BCUT2D eigenvalue weighted by Crippen LogP contribution is 2.13. The summed E-state index contributed by atoms with van der Waals surface area (Å²) in [5, 5.41) is 6.37. The Balaban J connectivity index is 5.09. The molecule has 2 heteroatoms. The van der Waals surface area contributed by atoms with E-state index in [0.29, 0.717) is 0 Å². The molecule has 15 heavy (non-hydrogen) atoms. The van der Waals surface area contributed by atoms with Gasteiger partial charge < -0.3 is 10.6 Å². The maximum absolute atomic E-state index is 3.83. The molecule has 0 spiro atoms. The summed E-state index contributed by atoms with van der Waals surface area (Å²) in [6.07, 6.45) is 4.98. The first-order chi connectivity index (χ1) is 7.06. The molecule has 2 N–H and O–H groups in total. The molecule has 0 saturated carbocycles. The first-order valence-corrected chi connectivity index (χ1v) is 5.20. The van der Waals surface area contributed by atoms with Crippen LogP contribution in [0.25, 0.3) is 0 Å². The van der Waals surface area contributed by atoms with E-state index >= 15 is 0 Å². The maximum atomic E-state index is 3.83. The molecule has 0 aliphatic carbocycles. The van der Waals surface area contributed by atoms with Crippen molar-refractivity contribution < 1.29 is 0 Å². The van der Waals surface area contributed by atoms with Gasteiger partial charge in [-0.25, -0.2) is 0 Å². The van der Waals surface area contributed by atoms with E-state index in [0.717, 1.165) is 29.1 Å². The Labute approximate surface area is 93.5 Å². The summed E-state index contributed by atoms with van der Waals surface area (Å²) in [5.41, 5.74) is 4.17. The van der Waals surface area contributed by atoms with Gasteiger partial charge in [0, 0.05) is 29.7 Å². The summed E-state index contributed by atoms with van der Waals surface area (Å²) >= 11 is 0. The second-order valence-electron chi connectivity index (χ2n) is 3.42. The van der Waals surface area contributed by atoms with Crippen molar-refractivity contribution in [1.82, 2.24) is 10.6 Å². The second-order valence-corrected chi connectivity index (χ2v) is 3.42. The van der Waals surface area contributed by atoms with Crippen molar-refractivity contribution in [2.75, 3.05) is 7.05 Å². The lowest BCUT2D eigenvalue weighted by atomic mass is 10.1. The van der Waals surface area contributed by atoms with Crippen molar-refractivity contribution in [3.8, 4) is 0 Å². The van der Waals surface area contributed by atoms with Gasteiger partial charge in [-0.3, -0.25) is 0 Å². The third-order valence-electron chi connectivity index (χ3n) is 1.98. The summed E-state index contributed by atoms with van der Waals surface area (Å²) in [6, 6.07) is 0. The van der Waals surface area contributed by atoms with Crippen LogP contribution in [0.3, 0.4) is 0 Å². The van der Waals surface area contributed by atoms with Crippen molar-refractivity contribution in [1.29, 1.82) is 0 Å². The van der Waals surface area contributed by atoms with Crippen LogP contribution in [-0.2, 0) is 0 Å². The van der Waals surface area contributed by atoms with Gasteiger partial charge in [-0.1, -0.05) is 32.2 Å². The minimum absolute atomic E-state index is 0.929. The quantitative estimate of drug-likeness (QED) is 0.653. The molecule has 0 aliphatic heterocycles. The molecule has 0 atom stereocenters. The van der Waals surface area contributed by atoms with Gasteiger partial charge in [0.05, 0.1) is 0 Å². The van der Waals surface area contributed by atoms with E-state index in [9.17, 15) is 0 Å². The van der Waals surface area contributed by atoms with E-state index in [1.54, 1.807) is 0 Å². The number of allylic oxidation sites excluding steroid dienone is 4. The van der Waals surface area contributed by atoms with Crippen molar-refractivity contribution in [2.45, 2.75) is 27.2 Å². The number of likely N-dealkylation sites (N-methyl/N-ethyl adjacent to an activating group) is 1. The van der Waals surface area contributed by atoms with Crippen LogP contribution in [0.5, 0.6) is 0 Å². The normalized spacial score (nSPS) is 12.9. The average molecular weight is 206 g/mol. The summed E-state index contributed by atoms with van der Waals surface area (Å²) in [6.45, 7) is 13.7. The van der Waals surface area contributed by atoms with E-state index in [-0.39, 0.29) is 0 Å². The average Bonchev–Trinajstić information content (AvgIpc) is 2.16. The molecule has 0 unspecified atom stereocenters. The Bertz CT molecular complexity index is 296. The minimum Gasteiger partial charge on any atom is -0.388 e. The molecule has 0 aromatic rings. The molecule has 0 aromatic carbocycles. The van der Waals surface area contributed by atoms with Gasteiger partial charge in [-0.15, -0.1) is 0 Å². The van der Waals surface area contributed by atoms with E-state index in [1.807, 2.05) is 27.0 Å². The maximum Gasteiger partial charge on any atom is 0.0387 e. The number of nitrogens with one attached hydrogen (secondary N) is 2. The fourth-order valence-electron chi connectivity index (χ4n) is 1.40. The second kappa shape index (κ2) is 6.93. The van der Waals surface area contributed by atoms with Crippen molar-refractivity contribution in [3.63, 3.8) is 0 Å². The van der Waals surface area contributed by atoms with E-state index in [4.69, 9.17) is 0 Å². The first kappa shape index (κ1) is 13.6. The highest BCUT2D eigenvalue weighted by atomic mass is 14.9. The fraction of sp³-hybridized carbons (Fsp3) is 0.385. The van der Waals surface area contributed by atoms with Gasteiger partial charge in [-0.05, 0) is 20.3 Å². The largest absolute Gasteiger partial charge is 0.388 e. The molecular weight excluding hydrogens is 184 g/mol. The Morgan fingerprint density at radius 1 is 1.33 bits per heavy atom. The van der Waals surface area contributed by atoms with Gasteiger partial charge in [-0.2, -0.15) is 0 Å². The van der Waals surface area contributed by atoms with E-state index in [2.05, 4.69) is 36.8 Å². The predicted octanol–water partition coefficient (Wildman–Crippen LogP) is 3.08. The first-order valence-electron chi connectivity index (χ1n) is 5.20. The number of hydrogen-bond donors (Lipinski definition) is 2. The van der Waals surface area contributed by atoms with E-state index in [1.165, 1.54) is 0 Å². The lowest BCUT2D eigenvalue weighted by Gasteiger charge is -2.14. The molecule has 0 rings (SSSR count). The van der Waals surface area contributed by atoms with Crippen LogP contribution in [0.4, 0.5) is 0 Å². The highest BCUT2D eigenvalue weighted by molar-refractivity contribution is 5.41. The van der Waals surface area contributed by atoms with Crippen LogP contribution < -0.4 is 10.6 Å². The zero-order chi connectivity index (χ0) is 11.8. The highest BCUT2D eigenvalue weighted by Gasteiger charge is 2.03. The van der Waals surface area contributed by atoms with E-state index < -0.39 is 0 Å². The third-order valence-corrected chi connectivity index (χ3v) is 1.98. The Hall–Kier alpha value is -1.44.